The molecule has 1 aromatic rings. The van der Waals surface area contributed by atoms with Gasteiger partial charge in [0.2, 0.25) is 10.0 Å². The Bertz CT molecular complexity index is 582. The van der Waals surface area contributed by atoms with Crippen molar-refractivity contribution >= 4 is 32.6 Å². The van der Waals surface area contributed by atoms with Crippen LogP contribution in [0.4, 0.5) is 0 Å². The van der Waals surface area contributed by atoms with Crippen molar-refractivity contribution in [1.82, 2.24) is 14.1 Å². The number of fused-ring (bicyclic) bond motifs is 1. The van der Waals surface area contributed by atoms with Crippen LogP contribution in [0.15, 0.2) is 12.5 Å². The van der Waals surface area contributed by atoms with Crippen molar-refractivity contribution in [2.75, 3.05) is 12.0 Å². The number of hydrogen-bond acceptors (Lipinski definition) is 4. The molecule has 7 heteroatoms. The van der Waals surface area contributed by atoms with Gasteiger partial charge >= 0.3 is 0 Å². The molecular weight excluding hydrogens is 234 g/mol. The second kappa shape index (κ2) is 3.92. The van der Waals surface area contributed by atoms with Crippen LogP contribution in [0.1, 0.15) is 0 Å². The molecule has 2 heterocycles. The Kier molecular flexibility index (Phi) is 2.76. The number of rotatable bonds is 2. The SMILES string of the molecule is CS(=O)(=O)N[S+]1C=c2ncncc2=CC1. The molecule has 1 aliphatic rings. The minimum atomic E-state index is -3.16. The van der Waals surface area contributed by atoms with Crippen molar-refractivity contribution in [2.24, 2.45) is 0 Å². The summed E-state index contributed by atoms with van der Waals surface area (Å²) < 4.78 is 24.6. The van der Waals surface area contributed by atoms with Crippen LogP contribution < -0.4 is 14.7 Å². The molecule has 1 atom stereocenters. The number of hydrogen-bond donors (Lipinski definition) is 1. The van der Waals surface area contributed by atoms with E-state index >= 15 is 0 Å². The standard InChI is InChI=1S/C8H10N3O2S2/c1-15(12,13)11-14-3-2-7-4-9-6-10-8(7)5-14/h2,4-6,11H,3H2,1H3/q+1. The molecule has 0 saturated heterocycles. The van der Waals surface area contributed by atoms with E-state index in [9.17, 15) is 8.42 Å². The van der Waals surface area contributed by atoms with Gasteiger partial charge in [0.1, 0.15) is 22.8 Å². The van der Waals surface area contributed by atoms with E-state index < -0.39 is 21.1 Å². The minimum absolute atomic E-state index is 0.484. The van der Waals surface area contributed by atoms with Crippen LogP contribution in [-0.2, 0) is 21.1 Å². The van der Waals surface area contributed by atoms with E-state index in [0.29, 0.717) is 5.75 Å². The zero-order chi connectivity index (χ0) is 10.9. The van der Waals surface area contributed by atoms with Gasteiger partial charge in [0.05, 0.1) is 6.26 Å². The summed E-state index contributed by atoms with van der Waals surface area (Å²) in [5, 5.41) is 3.57. The van der Waals surface area contributed by atoms with E-state index in [1.807, 2.05) is 11.5 Å². The summed E-state index contributed by atoms with van der Waals surface area (Å²) >= 11 is -0.484. The quantitative estimate of drug-likeness (QED) is 0.616. The summed E-state index contributed by atoms with van der Waals surface area (Å²) in [6.07, 6.45) is 6.27. The highest BCUT2D eigenvalue weighted by Gasteiger charge is 2.22. The summed E-state index contributed by atoms with van der Waals surface area (Å²) in [6, 6.07) is 0. The maximum atomic E-state index is 11.0. The van der Waals surface area contributed by atoms with E-state index in [2.05, 4.69) is 14.1 Å². The molecule has 5 nitrogen and oxygen atoms in total. The van der Waals surface area contributed by atoms with Gasteiger partial charge in [0, 0.05) is 11.4 Å². The third kappa shape index (κ3) is 2.77. The Morgan fingerprint density at radius 3 is 3.07 bits per heavy atom. The van der Waals surface area contributed by atoms with Gasteiger partial charge in [-0.1, -0.05) is 0 Å². The van der Waals surface area contributed by atoms with Crippen molar-refractivity contribution in [3.8, 4) is 0 Å². The fourth-order valence-electron chi connectivity index (χ4n) is 1.22. The second-order valence-corrected chi connectivity index (χ2v) is 6.77. The molecule has 15 heavy (non-hydrogen) atoms. The first-order valence-corrected chi connectivity index (χ1v) is 7.55. The van der Waals surface area contributed by atoms with Gasteiger partial charge in [-0.05, 0) is 10.2 Å². The lowest BCUT2D eigenvalue weighted by molar-refractivity contribution is 0.600. The van der Waals surface area contributed by atoms with Crippen LogP contribution in [0.5, 0.6) is 0 Å². The summed E-state index contributed by atoms with van der Waals surface area (Å²) in [5.74, 6) is 0.660. The van der Waals surface area contributed by atoms with Crippen LogP contribution in [0, 0.1) is 0 Å². The maximum absolute atomic E-state index is 11.0. The molecule has 1 N–H and O–H groups in total. The molecule has 0 aliphatic carbocycles. The summed E-state index contributed by atoms with van der Waals surface area (Å²) in [6.45, 7) is 0. The molecule has 2 rings (SSSR count). The van der Waals surface area contributed by atoms with E-state index in [1.165, 1.54) is 6.33 Å². The normalized spacial score (nSPS) is 19.9. The van der Waals surface area contributed by atoms with Crippen LogP contribution in [0.3, 0.4) is 0 Å². The number of nitrogens with one attached hydrogen (secondary N) is 1. The molecule has 0 fully saturated rings. The van der Waals surface area contributed by atoms with E-state index in [0.717, 1.165) is 16.8 Å². The molecular formula is C8H10N3O2S2+. The average Bonchev–Trinajstić information content (AvgIpc) is 2.15. The van der Waals surface area contributed by atoms with Crippen LogP contribution >= 0.6 is 0 Å². The zero-order valence-corrected chi connectivity index (χ0v) is 9.68. The highest BCUT2D eigenvalue weighted by atomic mass is 32.3. The average molecular weight is 244 g/mol. The fraction of sp³-hybridized carbons (Fsp3) is 0.250. The molecule has 1 aromatic heterocycles. The lowest BCUT2D eigenvalue weighted by Crippen LogP contribution is -2.39. The second-order valence-electron chi connectivity index (χ2n) is 3.14. The molecule has 0 bridgehead atoms. The zero-order valence-electron chi connectivity index (χ0n) is 8.04. The summed E-state index contributed by atoms with van der Waals surface area (Å²) in [4.78, 5) is 7.97. The molecule has 0 amide bonds. The highest BCUT2D eigenvalue weighted by molar-refractivity contribution is 8.11. The third-order valence-electron chi connectivity index (χ3n) is 1.77. The lowest BCUT2D eigenvalue weighted by atomic mass is 10.4. The smallest absolute Gasteiger partial charge is 0.244 e. The molecule has 0 radical (unpaired) electrons. The van der Waals surface area contributed by atoms with Gasteiger partial charge in [-0.15, -0.1) is 0 Å². The van der Waals surface area contributed by atoms with Gasteiger partial charge < -0.3 is 0 Å². The Labute approximate surface area is 90.5 Å². The fourth-order valence-corrected chi connectivity index (χ4v) is 4.16. The predicted octanol–water partition coefficient (Wildman–Crippen LogP) is -1.91. The number of aromatic nitrogens is 2. The Hall–Kier alpha value is -0.920. The first-order chi connectivity index (χ1) is 7.04. The summed E-state index contributed by atoms with van der Waals surface area (Å²) in [5.41, 5.74) is 0. The summed E-state index contributed by atoms with van der Waals surface area (Å²) in [7, 11) is -3.16. The van der Waals surface area contributed by atoms with E-state index in [4.69, 9.17) is 0 Å². The van der Waals surface area contributed by atoms with Crippen molar-refractivity contribution in [3.63, 3.8) is 0 Å². The molecule has 80 valence electrons. The monoisotopic (exact) mass is 244 g/mol. The van der Waals surface area contributed by atoms with E-state index in [-0.39, 0.29) is 0 Å². The Morgan fingerprint density at radius 2 is 2.33 bits per heavy atom. The van der Waals surface area contributed by atoms with Crippen molar-refractivity contribution < 1.29 is 8.42 Å². The Balaban J connectivity index is 2.35. The predicted molar refractivity (Wildman–Crippen MR) is 60.4 cm³/mol. The molecule has 1 aliphatic heterocycles. The number of nitrogens with zero attached hydrogens (tertiary/aromatic N) is 2. The molecule has 0 saturated carbocycles. The largest absolute Gasteiger partial charge is 0.248 e. The first kappa shape index (κ1) is 10.6. The highest BCUT2D eigenvalue weighted by Crippen LogP contribution is 1.98. The molecule has 0 aromatic carbocycles. The lowest BCUT2D eigenvalue weighted by Gasteiger charge is -2.03. The van der Waals surface area contributed by atoms with Crippen molar-refractivity contribution in [3.05, 3.63) is 23.1 Å². The topological polar surface area (TPSA) is 72.0 Å². The van der Waals surface area contributed by atoms with Gasteiger partial charge in [0.15, 0.2) is 11.2 Å². The third-order valence-corrected chi connectivity index (χ3v) is 4.87. The van der Waals surface area contributed by atoms with Crippen LogP contribution in [0.2, 0.25) is 0 Å². The van der Waals surface area contributed by atoms with Crippen molar-refractivity contribution in [1.29, 1.82) is 0 Å². The molecule has 0 spiro atoms. The first-order valence-electron chi connectivity index (χ1n) is 4.20. The van der Waals surface area contributed by atoms with Crippen molar-refractivity contribution in [2.45, 2.75) is 0 Å². The van der Waals surface area contributed by atoms with Gasteiger partial charge in [-0.3, -0.25) is 0 Å². The maximum Gasteiger partial charge on any atom is 0.248 e. The number of sulfonamides is 1. The van der Waals surface area contributed by atoms with E-state index in [1.54, 1.807) is 6.20 Å². The van der Waals surface area contributed by atoms with Gasteiger partial charge in [0.25, 0.3) is 0 Å². The van der Waals surface area contributed by atoms with Crippen LogP contribution in [-0.4, -0.2) is 30.4 Å². The molecule has 1 unspecified atom stereocenters. The van der Waals surface area contributed by atoms with Crippen LogP contribution in [0.25, 0.3) is 11.5 Å². The Morgan fingerprint density at radius 1 is 1.53 bits per heavy atom. The van der Waals surface area contributed by atoms with Gasteiger partial charge in [-0.2, -0.15) is 0 Å². The van der Waals surface area contributed by atoms with Gasteiger partial charge in [-0.25, -0.2) is 18.4 Å². The minimum Gasteiger partial charge on any atom is -0.244 e.